The Hall–Kier alpha value is -1.02. The predicted molar refractivity (Wildman–Crippen MR) is 75.2 cm³/mol. The highest BCUT2D eigenvalue weighted by Gasteiger charge is 2.03. The second-order valence-electron chi connectivity index (χ2n) is 3.99. The minimum atomic E-state index is 0.249. The number of benzene rings is 1. The SMILES string of the molecule is CCCC(=O)/C=C(/CCC)Sc1ccccc1. The van der Waals surface area contributed by atoms with Crippen LogP contribution in [0.5, 0.6) is 0 Å². The summed E-state index contributed by atoms with van der Waals surface area (Å²) >= 11 is 1.71. The molecule has 1 aromatic rings. The summed E-state index contributed by atoms with van der Waals surface area (Å²) in [7, 11) is 0. The largest absolute Gasteiger partial charge is 0.295 e. The lowest BCUT2D eigenvalue weighted by Crippen LogP contribution is -1.93. The Morgan fingerprint density at radius 1 is 1.12 bits per heavy atom. The number of rotatable bonds is 7. The van der Waals surface area contributed by atoms with Crippen molar-refractivity contribution in [2.24, 2.45) is 0 Å². The zero-order valence-electron chi connectivity index (χ0n) is 10.6. The van der Waals surface area contributed by atoms with Crippen LogP contribution in [0.2, 0.25) is 0 Å². The maximum absolute atomic E-state index is 11.6. The molecule has 17 heavy (non-hydrogen) atoms. The third-order valence-corrected chi connectivity index (χ3v) is 3.40. The van der Waals surface area contributed by atoms with Crippen molar-refractivity contribution in [1.82, 2.24) is 0 Å². The molecule has 0 fully saturated rings. The van der Waals surface area contributed by atoms with Crippen molar-refractivity contribution in [3.05, 3.63) is 41.3 Å². The molecule has 1 rings (SSSR count). The van der Waals surface area contributed by atoms with Gasteiger partial charge in [0.05, 0.1) is 0 Å². The maximum atomic E-state index is 11.6. The predicted octanol–water partition coefficient (Wildman–Crippen LogP) is 4.83. The van der Waals surface area contributed by atoms with E-state index < -0.39 is 0 Å². The average molecular weight is 248 g/mol. The van der Waals surface area contributed by atoms with Crippen molar-refractivity contribution in [2.45, 2.75) is 44.4 Å². The zero-order chi connectivity index (χ0) is 12.5. The quantitative estimate of drug-likeness (QED) is 0.507. The number of carbonyl (C=O) groups excluding carboxylic acids is 1. The third-order valence-electron chi connectivity index (χ3n) is 2.31. The van der Waals surface area contributed by atoms with Crippen molar-refractivity contribution in [1.29, 1.82) is 0 Å². The van der Waals surface area contributed by atoms with E-state index in [1.54, 1.807) is 11.8 Å². The molecule has 0 radical (unpaired) electrons. The van der Waals surface area contributed by atoms with Crippen LogP contribution in [0.15, 0.2) is 46.2 Å². The standard InChI is InChI=1S/C15H20OS/c1-3-8-13(16)12-15(9-4-2)17-14-10-6-5-7-11-14/h5-7,10-12H,3-4,8-9H2,1-2H3/b15-12-. The van der Waals surface area contributed by atoms with E-state index in [1.807, 2.05) is 31.2 Å². The monoisotopic (exact) mass is 248 g/mol. The van der Waals surface area contributed by atoms with E-state index in [9.17, 15) is 4.79 Å². The number of ketones is 1. The van der Waals surface area contributed by atoms with Crippen LogP contribution in [0.4, 0.5) is 0 Å². The molecule has 0 saturated carbocycles. The normalized spacial score (nSPS) is 11.5. The van der Waals surface area contributed by atoms with Crippen molar-refractivity contribution in [3.63, 3.8) is 0 Å². The summed E-state index contributed by atoms with van der Waals surface area (Å²) < 4.78 is 0. The summed E-state index contributed by atoms with van der Waals surface area (Å²) in [6.07, 6.45) is 5.46. The summed E-state index contributed by atoms with van der Waals surface area (Å²) in [5, 5.41) is 0. The van der Waals surface area contributed by atoms with E-state index in [2.05, 4.69) is 19.1 Å². The Morgan fingerprint density at radius 2 is 1.76 bits per heavy atom. The van der Waals surface area contributed by atoms with Gasteiger partial charge in [0, 0.05) is 11.3 Å². The molecule has 1 aromatic carbocycles. The summed E-state index contributed by atoms with van der Waals surface area (Å²) in [5.41, 5.74) is 0. The topological polar surface area (TPSA) is 17.1 Å². The minimum Gasteiger partial charge on any atom is -0.295 e. The van der Waals surface area contributed by atoms with Gasteiger partial charge in [0.1, 0.15) is 0 Å². The zero-order valence-corrected chi connectivity index (χ0v) is 11.4. The van der Waals surface area contributed by atoms with E-state index in [0.717, 1.165) is 19.3 Å². The van der Waals surface area contributed by atoms with Crippen molar-refractivity contribution < 1.29 is 4.79 Å². The Bertz CT molecular complexity index is 368. The first-order valence-corrected chi connectivity index (χ1v) is 7.04. The van der Waals surface area contributed by atoms with Crippen molar-refractivity contribution >= 4 is 17.5 Å². The van der Waals surface area contributed by atoms with Crippen LogP contribution >= 0.6 is 11.8 Å². The van der Waals surface area contributed by atoms with Gasteiger partial charge in [-0.3, -0.25) is 4.79 Å². The molecule has 0 atom stereocenters. The molecular weight excluding hydrogens is 228 g/mol. The fourth-order valence-electron chi connectivity index (χ4n) is 1.54. The highest BCUT2D eigenvalue weighted by molar-refractivity contribution is 8.03. The molecule has 0 spiro atoms. The molecule has 0 aliphatic rings. The Morgan fingerprint density at radius 3 is 2.35 bits per heavy atom. The van der Waals surface area contributed by atoms with Crippen LogP contribution in [-0.4, -0.2) is 5.78 Å². The molecule has 1 nitrogen and oxygen atoms in total. The summed E-state index contributed by atoms with van der Waals surface area (Å²) in [6.45, 7) is 4.18. The first-order valence-electron chi connectivity index (χ1n) is 6.22. The van der Waals surface area contributed by atoms with Gasteiger partial charge in [0.25, 0.3) is 0 Å². The van der Waals surface area contributed by atoms with Crippen LogP contribution in [0.1, 0.15) is 39.5 Å². The van der Waals surface area contributed by atoms with Gasteiger partial charge in [0.2, 0.25) is 0 Å². The van der Waals surface area contributed by atoms with Gasteiger partial charge in [-0.25, -0.2) is 0 Å². The Kier molecular flexibility index (Phi) is 6.71. The van der Waals surface area contributed by atoms with E-state index in [0.29, 0.717) is 6.42 Å². The summed E-state index contributed by atoms with van der Waals surface area (Å²) in [5.74, 6) is 0.249. The maximum Gasteiger partial charge on any atom is 0.156 e. The molecular formula is C15H20OS. The van der Waals surface area contributed by atoms with Crippen LogP contribution in [0.3, 0.4) is 0 Å². The Labute approximate surface area is 108 Å². The average Bonchev–Trinajstić information content (AvgIpc) is 2.31. The van der Waals surface area contributed by atoms with Gasteiger partial charge in [0.15, 0.2) is 5.78 Å². The number of hydrogen-bond donors (Lipinski definition) is 0. The third kappa shape index (κ3) is 5.73. The number of carbonyl (C=O) groups is 1. The minimum absolute atomic E-state index is 0.249. The molecule has 0 saturated heterocycles. The van der Waals surface area contributed by atoms with Gasteiger partial charge < -0.3 is 0 Å². The van der Waals surface area contributed by atoms with E-state index in [1.165, 1.54) is 9.80 Å². The van der Waals surface area contributed by atoms with Gasteiger partial charge in [-0.1, -0.05) is 50.2 Å². The summed E-state index contributed by atoms with van der Waals surface area (Å²) in [6, 6.07) is 10.2. The Balaban J connectivity index is 2.69. The van der Waals surface area contributed by atoms with Crippen molar-refractivity contribution in [2.75, 3.05) is 0 Å². The van der Waals surface area contributed by atoms with Crippen molar-refractivity contribution in [3.8, 4) is 0 Å². The van der Waals surface area contributed by atoms with E-state index >= 15 is 0 Å². The molecule has 0 aliphatic heterocycles. The molecule has 0 N–H and O–H groups in total. The molecule has 0 heterocycles. The lowest BCUT2D eigenvalue weighted by molar-refractivity contribution is -0.114. The molecule has 0 aromatic heterocycles. The van der Waals surface area contributed by atoms with Gasteiger partial charge >= 0.3 is 0 Å². The number of hydrogen-bond acceptors (Lipinski definition) is 2. The highest BCUT2D eigenvalue weighted by Crippen LogP contribution is 2.29. The second kappa shape index (κ2) is 8.13. The smallest absolute Gasteiger partial charge is 0.156 e. The first kappa shape index (κ1) is 14.0. The van der Waals surface area contributed by atoms with E-state index in [4.69, 9.17) is 0 Å². The van der Waals surface area contributed by atoms with Crippen LogP contribution in [0.25, 0.3) is 0 Å². The lowest BCUT2D eigenvalue weighted by atomic mass is 10.2. The second-order valence-corrected chi connectivity index (χ2v) is 5.19. The fourth-order valence-corrected chi connectivity index (χ4v) is 2.63. The molecule has 92 valence electrons. The molecule has 0 amide bonds. The van der Waals surface area contributed by atoms with Gasteiger partial charge in [-0.05, 0) is 36.0 Å². The molecule has 0 bridgehead atoms. The first-order chi connectivity index (χ1) is 8.26. The fraction of sp³-hybridized carbons (Fsp3) is 0.400. The molecule has 0 unspecified atom stereocenters. The molecule has 2 heteroatoms. The lowest BCUT2D eigenvalue weighted by Gasteiger charge is -2.05. The van der Waals surface area contributed by atoms with Gasteiger partial charge in [-0.2, -0.15) is 0 Å². The van der Waals surface area contributed by atoms with Crippen LogP contribution in [-0.2, 0) is 4.79 Å². The summed E-state index contributed by atoms with van der Waals surface area (Å²) in [4.78, 5) is 14.0. The number of thioether (sulfide) groups is 1. The molecule has 0 aliphatic carbocycles. The van der Waals surface area contributed by atoms with Crippen LogP contribution < -0.4 is 0 Å². The van der Waals surface area contributed by atoms with Crippen LogP contribution in [0, 0.1) is 0 Å². The van der Waals surface area contributed by atoms with Gasteiger partial charge in [-0.15, -0.1) is 0 Å². The van der Waals surface area contributed by atoms with E-state index in [-0.39, 0.29) is 5.78 Å². The number of allylic oxidation sites excluding steroid dienone is 2. The highest BCUT2D eigenvalue weighted by atomic mass is 32.2.